The van der Waals surface area contributed by atoms with Crippen LogP contribution in [-0.2, 0) is 4.79 Å². The highest BCUT2D eigenvalue weighted by Gasteiger charge is 2.31. The van der Waals surface area contributed by atoms with Gasteiger partial charge in [-0.15, -0.1) is 0 Å². The topological polar surface area (TPSA) is 75.4 Å². The Morgan fingerprint density at radius 3 is 2.44 bits per heavy atom. The van der Waals surface area contributed by atoms with Gasteiger partial charge in [-0.25, -0.2) is 0 Å². The van der Waals surface area contributed by atoms with E-state index in [1.165, 1.54) is 0 Å². The quantitative estimate of drug-likeness (QED) is 0.661. The zero-order valence-electron chi connectivity index (χ0n) is 10.5. The van der Waals surface area contributed by atoms with Crippen LogP contribution >= 0.6 is 0 Å². The molecular weight excluding hydrogens is 204 g/mol. The number of nitrogens with one attached hydrogen (secondary N) is 1. The molecule has 1 unspecified atom stereocenters. The molecule has 0 bridgehead atoms. The summed E-state index contributed by atoms with van der Waals surface area (Å²) in [5, 5.41) is 12.1. The molecule has 0 saturated heterocycles. The fourth-order valence-corrected chi connectivity index (χ4v) is 2.05. The standard InChI is InChI=1S/C12H24N2O2/c1-12(2,3)6-8(7-13)11(16)14-9-4-10(15)5-9/h8-10,15H,4-7,13H2,1-3H3,(H,14,16). The van der Waals surface area contributed by atoms with Crippen LogP contribution < -0.4 is 11.1 Å². The predicted octanol–water partition coefficient (Wildman–Crippen LogP) is 0.637. The zero-order chi connectivity index (χ0) is 12.3. The number of hydrogen-bond donors (Lipinski definition) is 3. The summed E-state index contributed by atoms with van der Waals surface area (Å²) < 4.78 is 0. The van der Waals surface area contributed by atoms with Crippen molar-refractivity contribution in [3.05, 3.63) is 0 Å². The Bertz CT molecular complexity index is 242. The van der Waals surface area contributed by atoms with Gasteiger partial charge in [-0.05, 0) is 24.7 Å². The van der Waals surface area contributed by atoms with Crippen molar-refractivity contribution in [2.75, 3.05) is 6.54 Å². The Morgan fingerprint density at radius 2 is 2.06 bits per heavy atom. The summed E-state index contributed by atoms with van der Waals surface area (Å²) in [7, 11) is 0. The molecule has 0 aromatic rings. The third kappa shape index (κ3) is 4.10. The van der Waals surface area contributed by atoms with Gasteiger partial charge in [0.2, 0.25) is 5.91 Å². The summed E-state index contributed by atoms with van der Waals surface area (Å²) in [5.41, 5.74) is 5.74. The fourth-order valence-electron chi connectivity index (χ4n) is 2.05. The van der Waals surface area contributed by atoms with Crippen molar-refractivity contribution in [3.8, 4) is 0 Å². The maximum absolute atomic E-state index is 11.9. The summed E-state index contributed by atoms with van der Waals surface area (Å²) in [4.78, 5) is 11.9. The summed E-state index contributed by atoms with van der Waals surface area (Å²) in [6.07, 6.45) is 1.92. The minimum Gasteiger partial charge on any atom is -0.393 e. The highest BCUT2D eigenvalue weighted by molar-refractivity contribution is 5.79. The molecule has 0 aromatic carbocycles. The number of aliphatic hydroxyl groups excluding tert-OH is 1. The van der Waals surface area contributed by atoms with Gasteiger partial charge in [0.25, 0.3) is 0 Å². The summed E-state index contributed by atoms with van der Waals surface area (Å²) in [6.45, 7) is 6.71. The molecule has 1 saturated carbocycles. The number of carbonyl (C=O) groups excluding carboxylic acids is 1. The maximum atomic E-state index is 11.9. The van der Waals surface area contributed by atoms with Gasteiger partial charge in [0.1, 0.15) is 0 Å². The Balaban J connectivity index is 2.37. The summed E-state index contributed by atoms with van der Waals surface area (Å²) >= 11 is 0. The van der Waals surface area contributed by atoms with Crippen LogP contribution in [0.25, 0.3) is 0 Å². The largest absolute Gasteiger partial charge is 0.393 e. The van der Waals surface area contributed by atoms with Crippen molar-refractivity contribution in [2.24, 2.45) is 17.1 Å². The van der Waals surface area contributed by atoms with Gasteiger partial charge >= 0.3 is 0 Å². The molecule has 1 aliphatic carbocycles. The lowest BCUT2D eigenvalue weighted by molar-refractivity contribution is -0.127. The molecule has 0 heterocycles. The van der Waals surface area contributed by atoms with Crippen molar-refractivity contribution in [3.63, 3.8) is 0 Å². The number of amides is 1. The van der Waals surface area contributed by atoms with Crippen molar-refractivity contribution in [2.45, 2.75) is 52.2 Å². The average Bonchev–Trinajstić information content (AvgIpc) is 2.10. The first-order valence-electron chi connectivity index (χ1n) is 6.00. The SMILES string of the molecule is CC(C)(C)CC(CN)C(=O)NC1CC(O)C1. The highest BCUT2D eigenvalue weighted by Crippen LogP contribution is 2.25. The Hall–Kier alpha value is -0.610. The molecule has 4 heteroatoms. The van der Waals surface area contributed by atoms with Gasteiger partial charge in [0, 0.05) is 12.6 Å². The summed E-state index contributed by atoms with van der Waals surface area (Å²) in [6, 6.07) is 0.150. The van der Waals surface area contributed by atoms with Crippen LogP contribution in [0.5, 0.6) is 0 Å². The van der Waals surface area contributed by atoms with Gasteiger partial charge in [-0.1, -0.05) is 20.8 Å². The normalized spacial score (nSPS) is 27.1. The second-order valence-electron chi connectivity index (χ2n) is 6.03. The van der Waals surface area contributed by atoms with E-state index in [-0.39, 0.29) is 29.4 Å². The maximum Gasteiger partial charge on any atom is 0.224 e. The van der Waals surface area contributed by atoms with E-state index in [0.29, 0.717) is 19.4 Å². The number of hydrogen-bond acceptors (Lipinski definition) is 3. The number of aliphatic hydroxyl groups is 1. The minimum atomic E-state index is -0.232. The molecule has 4 nitrogen and oxygen atoms in total. The minimum absolute atomic E-state index is 0.0364. The number of rotatable bonds is 4. The second-order valence-corrected chi connectivity index (χ2v) is 6.03. The van der Waals surface area contributed by atoms with Crippen LogP contribution in [0.4, 0.5) is 0 Å². The first kappa shape index (κ1) is 13.5. The number of carbonyl (C=O) groups is 1. The van der Waals surface area contributed by atoms with Gasteiger partial charge in [0.05, 0.1) is 12.0 Å². The van der Waals surface area contributed by atoms with E-state index >= 15 is 0 Å². The van der Waals surface area contributed by atoms with Crippen LogP contribution in [0.3, 0.4) is 0 Å². The van der Waals surface area contributed by atoms with Crippen molar-refractivity contribution in [1.82, 2.24) is 5.32 Å². The zero-order valence-corrected chi connectivity index (χ0v) is 10.5. The first-order valence-corrected chi connectivity index (χ1v) is 6.00. The van der Waals surface area contributed by atoms with E-state index in [2.05, 4.69) is 26.1 Å². The van der Waals surface area contributed by atoms with E-state index in [0.717, 1.165) is 6.42 Å². The van der Waals surface area contributed by atoms with Gasteiger partial charge in [-0.3, -0.25) is 4.79 Å². The lowest BCUT2D eigenvalue weighted by Gasteiger charge is -2.34. The van der Waals surface area contributed by atoms with Gasteiger partial charge in [-0.2, -0.15) is 0 Å². The lowest BCUT2D eigenvalue weighted by atomic mass is 9.83. The molecular formula is C12H24N2O2. The van der Waals surface area contributed by atoms with Crippen molar-refractivity contribution >= 4 is 5.91 Å². The molecule has 0 radical (unpaired) electrons. The van der Waals surface area contributed by atoms with Gasteiger partial charge in [0.15, 0.2) is 0 Å². The Morgan fingerprint density at radius 1 is 1.50 bits per heavy atom. The molecule has 0 aromatic heterocycles. The predicted molar refractivity (Wildman–Crippen MR) is 63.8 cm³/mol. The van der Waals surface area contributed by atoms with Crippen LogP contribution in [0.15, 0.2) is 0 Å². The smallest absolute Gasteiger partial charge is 0.224 e. The monoisotopic (exact) mass is 228 g/mol. The van der Waals surface area contributed by atoms with Crippen molar-refractivity contribution < 1.29 is 9.90 Å². The van der Waals surface area contributed by atoms with E-state index in [1.54, 1.807) is 0 Å². The fraction of sp³-hybridized carbons (Fsp3) is 0.917. The third-order valence-electron chi connectivity index (χ3n) is 2.97. The van der Waals surface area contributed by atoms with E-state index in [4.69, 9.17) is 10.8 Å². The molecule has 4 N–H and O–H groups in total. The van der Waals surface area contributed by atoms with Crippen LogP contribution in [0.2, 0.25) is 0 Å². The number of nitrogens with two attached hydrogens (primary N) is 1. The van der Waals surface area contributed by atoms with Crippen LogP contribution in [0.1, 0.15) is 40.0 Å². The van der Waals surface area contributed by atoms with Crippen LogP contribution in [0, 0.1) is 11.3 Å². The highest BCUT2D eigenvalue weighted by atomic mass is 16.3. The Labute approximate surface area is 97.6 Å². The van der Waals surface area contributed by atoms with E-state index in [1.807, 2.05) is 0 Å². The average molecular weight is 228 g/mol. The summed E-state index contributed by atoms with van der Waals surface area (Å²) in [5.74, 6) is -0.0768. The van der Waals surface area contributed by atoms with Crippen LogP contribution in [-0.4, -0.2) is 29.7 Å². The third-order valence-corrected chi connectivity index (χ3v) is 2.97. The van der Waals surface area contributed by atoms with E-state index in [9.17, 15) is 4.79 Å². The molecule has 0 spiro atoms. The molecule has 1 rings (SSSR count). The van der Waals surface area contributed by atoms with Crippen molar-refractivity contribution in [1.29, 1.82) is 0 Å². The molecule has 16 heavy (non-hydrogen) atoms. The second kappa shape index (κ2) is 5.15. The van der Waals surface area contributed by atoms with Gasteiger partial charge < -0.3 is 16.2 Å². The first-order chi connectivity index (χ1) is 7.31. The lowest BCUT2D eigenvalue weighted by Crippen LogP contribution is -2.50. The molecule has 1 atom stereocenters. The molecule has 1 amide bonds. The molecule has 1 fully saturated rings. The Kier molecular flexibility index (Phi) is 4.33. The molecule has 94 valence electrons. The van der Waals surface area contributed by atoms with E-state index < -0.39 is 0 Å². The molecule has 0 aliphatic heterocycles. The molecule has 1 aliphatic rings.